The van der Waals surface area contributed by atoms with Gasteiger partial charge in [0.2, 0.25) is 5.91 Å². The van der Waals surface area contributed by atoms with Crippen LogP contribution >= 0.6 is 15.9 Å². The van der Waals surface area contributed by atoms with Crippen molar-refractivity contribution in [3.05, 3.63) is 52.1 Å². The van der Waals surface area contributed by atoms with Crippen LogP contribution in [0.3, 0.4) is 0 Å². The lowest BCUT2D eigenvalue weighted by atomic mass is 10.2. The van der Waals surface area contributed by atoms with E-state index in [4.69, 9.17) is 0 Å². The zero-order valence-electron chi connectivity index (χ0n) is 9.77. The Hall–Kier alpha value is -1.88. The molecule has 0 atom stereocenters. The summed E-state index contributed by atoms with van der Waals surface area (Å²) in [6, 6.07) is 9.47. The monoisotopic (exact) mass is 305 g/mol. The first-order chi connectivity index (χ1) is 8.63. The number of carbonyl (C=O) groups excluding carboxylic acids is 1. The number of hydrogen-bond acceptors (Lipinski definition) is 2. The third kappa shape index (κ3) is 3.56. The molecule has 0 spiro atoms. The van der Waals surface area contributed by atoms with Crippen LogP contribution in [0.4, 0.5) is 5.82 Å². The van der Waals surface area contributed by atoms with Crippen LogP contribution in [0.5, 0.6) is 0 Å². The van der Waals surface area contributed by atoms with Crippen LogP contribution in [0, 0.1) is 6.92 Å². The molecule has 0 fully saturated rings. The Labute approximate surface area is 113 Å². The topological polar surface area (TPSA) is 57.8 Å². The van der Waals surface area contributed by atoms with Gasteiger partial charge in [0, 0.05) is 22.3 Å². The first-order valence-corrected chi connectivity index (χ1v) is 6.19. The number of nitrogens with one attached hydrogen (secondary N) is 2. The number of aromatic nitrogens is 2. The third-order valence-electron chi connectivity index (χ3n) is 2.25. The molecule has 1 heterocycles. The van der Waals surface area contributed by atoms with Gasteiger partial charge in [0.15, 0.2) is 5.82 Å². The highest BCUT2D eigenvalue weighted by Crippen LogP contribution is 2.11. The van der Waals surface area contributed by atoms with Crippen molar-refractivity contribution in [2.24, 2.45) is 0 Å². The number of amides is 1. The van der Waals surface area contributed by atoms with Crippen molar-refractivity contribution in [3.8, 4) is 0 Å². The zero-order valence-corrected chi connectivity index (χ0v) is 11.4. The first-order valence-electron chi connectivity index (χ1n) is 5.40. The van der Waals surface area contributed by atoms with E-state index in [9.17, 15) is 4.79 Å². The zero-order chi connectivity index (χ0) is 13.0. The molecule has 0 radical (unpaired) electrons. The van der Waals surface area contributed by atoms with Crippen molar-refractivity contribution in [2.75, 3.05) is 5.32 Å². The molecule has 2 aromatic rings. The average Bonchev–Trinajstić information content (AvgIpc) is 2.74. The fourth-order valence-corrected chi connectivity index (χ4v) is 1.66. The van der Waals surface area contributed by atoms with Crippen molar-refractivity contribution in [3.63, 3.8) is 0 Å². The van der Waals surface area contributed by atoms with E-state index in [0.717, 1.165) is 15.7 Å². The largest absolute Gasteiger partial charge is 0.306 e. The molecular formula is C13H12BrN3O. The van der Waals surface area contributed by atoms with Gasteiger partial charge >= 0.3 is 0 Å². The van der Waals surface area contributed by atoms with E-state index in [2.05, 4.69) is 31.4 Å². The molecule has 1 amide bonds. The number of benzene rings is 1. The van der Waals surface area contributed by atoms with E-state index in [1.54, 1.807) is 12.1 Å². The molecule has 1 aromatic carbocycles. The Balaban J connectivity index is 1.96. The smallest absolute Gasteiger partial charge is 0.249 e. The Bertz CT molecular complexity index is 572. The SMILES string of the molecule is Cc1cc(NC(=O)C=Cc2ccc(Br)cc2)n[nH]1. The van der Waals surface area contributed by atoms with Gasteiger partial charge in [-0.15, -0.1) is 0 Å². The summed E-state index contributed by atoms with van der Waals surface area (Å²) in [5, 5.41) is 9.35. The minimum Gasteiger partial charge on any atom is -0.306 e. The van der Waals surface area contributed by atoms with Crippen LogP contribution in [-0.4, -0.2) is 16.1 Å². The third-order valence-corrected chi connectivity index (χ3v) is 2.78. The molecule has 2 N–H and O–H groups in total. The fraction of sp³-hybridized carbons (Fsp3) is 0.0769. The maximum absolute atomic E-state index is 11.6. The lowest BCUT2D eigenvalue weighted by molar-refractivity contribution is -0.111. The maximum Gasteiger partial charge on any atom is 0.249 e. The minimum absolute atomic E-state index is 0.204. The van der Waals surface area contributed by atoms with Crippen LogP contribution in [0.25, 0.3) is 6.08 Å². The number of carbonyl (C=O) groups is 1. The Morgan fingerprint density at radius 2 is 2.11 bits per heavy atom. The van der Waals surface area contributed by atoms with Gasteiger partial charge in [-0.05, 0) is 30.7 Å². The highest BCUT2D eigenvalue weighted by Gasteiger charge is 2.00. The predicted octanol–water partition coefficient (Wildman–Crippen LogP) is 3.13. The molecular weight excluding hydrogens is 294 g/mol. The van der Waals surface area contributed by atoms with Crippen molar-refractivity contribution in [1.29, 1.82) is 0 Å². The van der Waals surface area contributed by atoms with Gasteiger partial charge in [-0.2, -0.15) is 5.10 Å². The van der Waals surface area contributed by atoms with Crippen LogP contribution in [0.1, 0.15) is 11.3 Å². The lowest BCUT2D eigenvalue weighted by Crippen LogP contribution is -2.07. The lowest BCUT2D eigenvalue weighted by Gasteiger charge is -1.96. The van der Waals surface area contributed by atoms with Gasteiger partial charge in [-0.1, -0.05) is 28.1 Å². The van der Waals surface area contributed by atoms with Crippen LogP contribution in [0.15, 0.2) is 40.9 Å². The number of rotatable bonds is 3. The summed E-state index contributed by atoms with van der Waals surface area (Å²) < 4.78 is 1.01. The van der Waals surface area contributed by atoms with Crippen LogP contribution < -0.4 is 5.32 Å². The normalized spacial score (nSPS) is 10.8. The highest BCUT2D eigenvalue weighted by molar-refractivity contribution is 9.10. The van der Waals surface area contributed by atoms with Crippen LogP contribution in [-0.2, 0) is 4.79 Å². The van der Waals surface area contributed by atoms with E-state index in [0.29, 0.717) is 5.82 Å². The molecule has 0 saturated heterocycles. The summed E-state index contributed by atoms with van der Waals surface area (Å²) in [5.41, 5.74) is 1.87. The summed E-state index contributed by atoms with van der Waals surface area (Å²) in [6.07, 6.45) is 3.23. The molecule has 0 aliphatic heterocycles. The molecule has 18 heavy (non-hydrogen) atoms. The minimum atomic E-state index is -0.204. The van der Waals surface area contributed by atoms with Gasteiger partial charge in [-0.3, -0.25) is 9.89 Å². The van der Waals surface area contributed by atoms with Gasteiger partial charge < -0.3 is 5.32 Å². The summed E-state index contributed by atoms with van der Waals surface area (Å²) in [7, 11) is 0. The molecule has 0 unspecified atom stereocenters. The standard InChI is InChI=1S/C13H12BrN3O/c1-9-8-12(17-16-9)15-13(18)7-4-10-2-5-11(14)6-3-10/h2-8H,1H3,(H2,15,16,17,18). The van der Waals surface area contributed by atoms with Crippen LogP contribution in [0.2, 0.25) is 0 Å². The highest BCUT2D eigenvalue weighted by atomic mass is 79.9. The van der Waals surface area contributed by atoms with E-state index < -0.39 is 0 Å². The average molecular weight is 306 g/mol. The Morgan fingerprint density at radius 3 is 2.72 bits per heavy atom. The Morgan fingerprint density at radius 1 is 1.39 bits per heavy atom. The van der Waals surface area contributed by atoms with Gasteiger partial charge in [-0.25, -0.2) is 0 Å². The molecule has 0 bridgehead atoms. The van der Waals surface area contributed by atoms with E-state index >= 15 is 0 Å². The fourth-order valence-electron chi connectivity index (χ4n) is 1.40. The second kappa shape index (κ2) is 5.64. The van der Waals surface area contributed by atoms with Crippen molar-refractivity contribution in [2.45, 2.75) is 6.92 Å². The molecule has 2 rings (SSSR count). The number of aromatic amines is 1. The number of H-pyrrole nitrogens is 1. The number of anilines is 1. The summed E-state index contributed by atoms with van der Waals surface area (Å²) in [6.45, 7) is 1.88. The summed E-state index contributed by atoms with van der Waals surface area (Å²) >= 11 is 3.36. The summed E-state index contributed by atoms with van der Waals surface area (Å²) in [4.78, 5) is 11.6. The number of aryl methyl sites for hydroxylation is 1. The number of nitrogens with zero attached hydrogens (tertiary/aromatic N) is 1. The second-order valence-corrected chi connectivity index (χ2v) is 4.73. The molecule has 4 nitrogen and oxygen atoms in total. The second-order valence-electron chi connectivity index (χ2n) is 3.81. The van der Waals surface area contributed by atoms with Gasteiger partial charge in [0.25, 0.3) is 0 Å². The van der Waals surface area contributed by atoms with Gasteiger partial charge in [0.05, 0.1) is 0 Å². The van der Waals surface area contributed by atoms with Crippen molar-refractivity contribution < 1.29 is 4.79 Å². The maximum atomic E-state index is 11.6. The van der Waals surface area contributed by atoms with Crippen molar-refractivity contribution in [1.82, 2.24) is 10.2 Å². The molecule has 1 aromatic heterocycles. The van der Waals surface area contributed by atoms with E-state index in [1.165, 1.54) is 6.08 Å². The molecule has 0 aliphatic rings. The number of halogens is 1. The van der Waals surface area contributed by atoms with E-state index in [1.807, 2.05) is 31.2 Å². The van der Waals surface area contributed by atoms with Crippen molar-refractivity contribution >= 4 is 33.7 Å². The first kappa shape index (κ1) is 12.6. The summed E-state index contributed by atoms with van der Waals surface area (Å²) in [5.74, 6) is 0.322. The van der Waals surface area contributed by atoms with E-state index in [-0.39, 0.29) is 5.91 Å². The number of hydrogen-bond donors (Lipinski definition) is 2. The molecule has 92 valence electrons. The molecule has 0 aliphatic carbocycles. The quantitative estimate of drug-likeness (QED) is 0.856. The molecule has 5 heteroatoms. The predicted molar refractivity (Wildman–Crippen MR) is 75.1 cm³/mol. The van der Waals surface area contributed by atoms with Gasteiger partial charge in [0.1, 0.15) is 0 Å². The Kier molecular flexibility index (Phi) is 3.94. The molecule has 0 saturated carbocycles.